The van der Waals surface area contributed by atoms with Crippen LogP contribution in [-0.2, 0) is 16.6 Å². The minimum Gasteiger partial charge on any atom is -0.481 e. The third-order valence-corrected chi connectivity index (χ3v) is 4.10. The third kappa shape index (κ3) is 3.15. The number of hydrogen-bond acceptors (Lipinski definition) is 3. The minimum atomic E-state index is -0.796. The molecule has 2 rings (SSSR count). The number of aryl methyl sites for hydroxylation is 1. The number of carboxylic acid groups (broad SMARTS) is 1. The van der Waals surface area contributed by atoms with Gasteiger partial charge in [-0.3, -0.25) is 14.3 Å². The van der Waals surface area contributed by atoms with E-state index in [1.807, 2.05) is 13.0 Å². The Morgan fingerprint density at radius 3 is 2.86 bits per heavy atom. The van der Waals surface area contributed by atoms with Crippen molar-refractivity contribution in [1.82, 2.24) is 14.7 Å². The summed E-state index contributed by atoms with van der Waals surface area (Å²) in [6.45, 7) is 2.77. The molecule has 0 saturated carbocycles. The quantitative estimate of drug-likeness (QED) is 0.835. The molecule has 6 nitrogen and oxygen atoms in total. The van der Waals surface area contributed by atoms with Crippen molar-refractivity contribution in [2.75, 3.05) is 13.1 Å². The highest BCUT2D eigenvalue weighted by atomic mass is 16.4. The second kappa shape index (κ2) is 6.11. The summed E-state index contributed by atoms with van der Waals surface area (Å²) >= 11 is 0. The number of rotatable bonds is 5. The van der Waals surface area contributed by atoms with Gasteiger partial charge in [-0.25, -0.2) is 0 Å². The number of hydrogen-bond donors (Lipinski definition) is 1. The summed E-state index contributed by atoms with van der Waals surface area (Å²) in [5.41, 5.74) is 0.0609. The summed E-state index contributed by atoms with van der Waals surface area (Å²) in [6, 6.07) is 1.81. The Kier molecular flexibility index (Phi) is 4.45. The summed E-state index contributed by atoms with van der Waals surface area (Å²) < 4.78 is 1.67. The van der Waals surface area contributed by atoms with Gasteiger partial charge in [-0.2, -0.15) is 5.10 Å². The number of carbonyl (C=O) groups excluding carboxylic acids is 1. The molecule has 21 heavy (non-hydrogen) atoms. The van der Waals surface area contributed by atoms with Gasteiger partial charge in [0.1, 0.15) is 0 Å². The minimum absolute atomic E-state index is 0.143. The molecule has 6 heteroatoms. The van der Waals surface area contributed by atoms with E-state index in [2.05, 4.69) is 5.10 Å². The normalized spacial score (nSPS) is 22.1. The molecule has 0 aromatic carbocycles. The molecule has 114 valence electrons. The second-order valence-electron chi connectivity index (χ2n) is 5.56. The van der Waals surface area contributed by atoms with Crippen LogP contribution in [-0.4, -0.2) is 44.8 Å². The standard InChI is InChI=1S/C15H21N3O3/c1-3-7-15(14(20)21)8-10-18(11-15)13(19)5-4-12-6-9-16-17(12)2/h4-6,9H,3,7-8,10-11H2,1-2H3,(H,20,21). The van der Waals surface area contributed by atoms with Gasteiger partial charge in [-0.15, -0.1) is 0 Å². The van der Waals surface area contributed by atoms with E-state index in [0.717, 1.165) is 12.1 Å². The monoisotopic (exact) mass is 291 g/mol. The molecule has 1 saturated heterocycles. The predicted molar refractivity (Wildman–Crippen MR) is 78.4 cm³/mol. The van der Waals surface area contributed by atoms with E-state index in [1.54, 1.807) is 28.9 Å². The summed E-state index contributed by atoms with van der Waals surface area (Å²) in [5.74, 6) is -0.939. The molecule has 1 aromatic rings. The lowest BCUT2D eigenvalue weighted by Gasteiger charge is -2.23. The average molecular weight is 291 g/mol. The highest BCUT2D eigenvalue weighted by molar-refractivity contribution is 5.92. The first kappa shape index (κ1) is 15.3. The smallest absolute Gasteiger partial charge is 0.311 e. The maximum absolute atomic E-state index is 12.2. The van der Waals surface area contributed by atoms with Crippen LogP contribution in [0.2, 0.25) is 0 Å². The molecule has 1 unspecified atom stereocenters. The highest BCUT2D eigenvalue weighted by Crippen LogP contribution is 2.35. The molecule has 2 heterocycles. The van der Waals surface area contributed by atoms with Crippen LogP contribution in [0.3, 0.4) is 0 Å². The largest absolute Gasteiger partial charge is 0.481 e. The molecule has 1 atom stereocenters. The Hall–Kier alpha value is -2.11. The van der Waals surface area contributed by atoms with E-state index < -0.39 is 11.4 Å². The molecule has 1 amide bonds. The number of aliphatic carboxylic acids is 1. The number of carboxylic acids is 1. The van der Waals surface area contributed by atoms with Crippen LogP contribution in [0.15, 0.2) is 18.3 Å². The molecular formula is C15H21N3O3. The third-order valence-electron chi connectivity index (χ3n) is 4.10. The second-order valence-corrected chi connectivity index (χ2v) is 5.56. The fourth-order valence-electron chi connectivity index (χ4n) is 2.83. The van der Waals surface area contributed by atoms with Crippen molar-refractivity contribution in [3.05, 3.63) is 24.0 Å². The molecule has 1 aromatic heterocycles. The first-order valence-corrected chi connectivity index (χ1v) is 7.17. The van der Waals surface area contributed by atoms with Gasteiger partial charge in [0.25, 0.3) is 0 Å². The number of nitrogens with zero attached hydrogens (tertiary/aromatic N) is 3. The van der Waals surface area contributed by atoms with Crippen LogP contribution in [0.25, 0.3) is 6.08 Å². The van der Waals surface area contributed by atoms with Gasteiger partial charge in [-0.1, -0.05) is 13.3 Å². The Morgan fingerprint density at radius 1 is 1.52 bits per heavy atom. The van der Waals surface area contributed by atoms with Crippen LogP contribution in [0, 0.1) is 5.41 Å². The molecule has 0 radical (unpaired) electrons. The van der Waals surface area contributed by atoms with E-state index in [-0.39, 0.29) is 5.91 Å². The van der Waals surface area contributed by atoms with Gasteiger partial charge >= 0.3 is 5.97 Å². The van der Waals surface area contributed by atoms with Crippen LogP contribution in [0.5, 0.6) is 0 Å². The molecule has 1 aliphatic heterocycles. The topological polar surface area (TPSA) is 75.4 Å². The van der Waals surface area contributed by atoms with E-state index in [1.165, 1.54) is 6.08 Å². The van der Waals surface area contributed by atoms with Crippen LogP contribution in [0.1, 0.15) is 31.9 Å². The van der Waals surface area contributed by atoms with Gasteiger partial charge < -0.3 is 10.0 Å². The van der Waals surface area contributed by atoms with Gasteiger partial charge in [0.05, 0.1) is 11.1 Å². The lowest BCUT2D eigenvalue weighted by molar-refractivity contribution is -0.148. The molecule has 1 N–H and O–H groups in total. The van der Waals surface area contributed by atoms with Gasteiger partial charge in [0, 0.05) is 32.4 Å². The molecule has 0 bridgehead atoms. The summed E-state index contributed by atoms with van der Waals surface area (Å²) in [5, 5.41) is 13.5. The Morgan fingerprint density at radius 2 is 2.29 bits per heavy atom. The number of amides is 1. The zero-order valence-electron chi connectivity index (χ0n) is 12.5. The molecule has 0 aliphatic carbocycles. The zero-order chi connectivity index (χ0) is 15.5. The van der Waals surface area contributed by atoms with Crippen molar-refractivity contribution in [2.45, 2.75) is 26.2 Å². The van der Waals surface area contributed by atoms with Crippen LogP contribution in [0.4, 0.5) is 0 Å². The Labute approximate surface area is 124 Å². The number of carbonyl (C=O) groups is 2. The number of aromatic nitrogens is 2. The number of likely N-dealkylation sites (tertiary alicyclic amines) is 1. The van der Waals surface area contributed by atoms with E-state index >= 15 is 0 Å². The maximum Gasteiger partial charge on any atom is 0.311 e. The fourth-order valence-corrected chi connectivity index (χ4v) is 2.83. The lowest BCUT2D eigenvalue weighted by Crippen LogP contribution is -2.36. The van der Waals surface area contributed by atoms with E-state index in [4.69, 9.17) is 0 Å². The average Bonchev–Trinajstić information content (AvgIpc) is 3.04. The van der Waals surface area contributed by atoms with Crippen molar-refractivity contribution < 1.29 is 14.7 Å². The summed E-state index contributed by atoms with van der Waals surface area (Å²) in [6.07, 6.45) is 6.80. The summed E-state index contributed by atoms with van der Waals surface area (Å²) in [7, 11) is 1.80. The van der Waals surface area contributed by atoms with Gasteiger partial charge in [-0.05, 0) is 25.0 Å². The van der Waals surface area contributed by atoms with Crippen molar-refractivity contribution in [3.63, 3.8) is 0 Å². The van der Waals surface area contributed by atoms with Gasteiger partial charge in [0.2, 0.25) is 5.91 Å². The highest BCUT2D eigenvalue weighted by Gasteiger charge is 2.44. The molecule has 1 aliphatic rings. The van der Waals surface area contributed by atoms with E-state index in [0.29, 0.717) is 25.9 Å². The molecular weight excluding hydrogens is 270 g/mol. The first-order valence-electron chi connectivity index (χ1n) is 7.17. The molecule has 1 fully saturated rings. The maximum atomic E-state index is 12.2. The van der Waals surface area contributed by atoms with Crippen molar-refractivity contribution in [3.8, 4) is 0 Å². The van der Waals surface area contributed by atoms with Gasteiger partial charge in [0.15, 0.2) is 0 Å². The van der Waals surface area contributed by atoms with Crippen LogP contribution < -0.4 is 0 Å². The van der Waals surface area contributed by atoms with Crippen molar-refractivity contribution in [2.24, 2.45) is 12.5 Å². The van der Waals surface area contributed by atoms with Crippen molar-refractivity contribution in [1.29, 1.82) is 0 Å². The fraction of sp³-hybridized carbons (Fsp3) is 0.533. The summed E-state index contributed by atoms with van der Waals surface area (Å²) in [4.78, 5) is 25.3. The van der Waals surface area contributed by atoms with E-state index in [9.17, 15) is 14.7 Å². The Bertz CT molecular complexity index is 564. The predicted octanol–water partition coefficient (Wildman–Crippen LogP) is 1.54. The zero-order valence-corrected chi connectivity index (χ0v) is 12.5. The van der Waals surface area contributed by atoms with Crippen LogP contribution >= 0.6 is 0 Å². The Balaban J connectivity index is 2.03. The van der Waals surface area contributed by atoms with Crippen molar-refractivity contribution >= 4 is 18.0 Å². The first-order chi connectivity index (χ1) is 9.98. The molecule has 0 spiro atoms. The SMILES string of the molecule is CCCC1(C(=O)O)CCN(C(=O)C=Cc2ccnn2C)C1. The lowest BCUT2D eigenvalue weighted by atomic mass is 9.83.